The van der Waals surface area contributed by atoms with Gasteiger partial charge in [-0.25, -0.2) is 4.79 Å². The Bertz CT molecular complexity index is 1540. The maximum Gasteiger partial charge on any atom is 0.410 e. The van der Waals surface area contributed by atoms with Crippen molar-refractivity contribution < 1.29 is 14.3 Å². The Hall–Kier alpha value is -4.10. The van der Waals surface area contributed by atoms with E-state index in [1.54, 1.807) is 4.90 Å². The Kier molecular flexibility index (Phi) is 8.50. The number of nitrogens with zero attached hydrogens (tertiary/aromatic N) is 7. The third-order valence-electron chi connectivity index (χ3n) is 8.94. The highest BCUT2D eigenvalue weighted by Crippen LogP contribution is 2.35. The van der Waals surface area contributed by atoms with Crippen LogP contribution in [-0.2, 0) is 17.7 Å². The van der Waals surface area contributed by atoms with Crippen LogP contribution < -0.4 is 14.5 Å². The number of nitriles is 1. The smallest absolute Gasteiger partial charge is 0.410 e. The van der Waals surface area contributed by atoms with Crippen LogP contribution in [0.1, 0.15) is 51.3 Å². The van der Waals surface area contributed by atoms with E-state index in [4.69, 9.17) is 19.4 Å². The molecule has 3 aliphatic heterocycles. The number of likely N-dealkylation sites (N-methyl/N-ethyl adjacent to an activating group) is 1. The van der Waals surface area contributed by atoms with E-state index < -0.39 is 5.60 Å². The Balaban J connectivity index is 1.30. The van der Waals surface area contributed by atoms with Gasteiger partial charge in [0.05, 0.1) is 30.8 Å². The molecule has 0 unspecified atom stereocenters. The first kappa shape index (κ1) is 29.9. The lowest BCUT2D eigenvalue weighted by Gasteiger charge is -2.42. The summed E-state index contributed by atoms with van der Waals surface area (Å²) in [4.78, 5) is 31.7. The summed E-state index contributed by atoms with van der Waals surface area (Å²) < 4.78 is 12.0. The SMILES string of the molecule is CN1CCC[C@H]1COc1nc2c(c(N3CCN(C(=O)OC(C)(C)C)[C@@H](CC#N)C3)n1)CCN(c1cccc3ccccc13)C2. The number of carbonyl (C=O) groups excluding carboxylic acids is 1. The largest absolute Gasteiger partial charge is 0.462 e. The molecule has 2 fully saturated rings. The summed E-state index contributed by atoms with van der Waals surface area (Å²) in [5.41, 5.74) is 2.68. The Morgan fingerprint density at radius 3 is 2.61 bits per heavy atom. The molecular formula is C34H43N7O3. The summed E-state index contributed by atoms with van der Waals surface area (Å²) >= 11 is 0. The van der Waals surface area contributed by atoms with Gasteiger partial charge in [-0.15, -0.1) is 0 Å². The topological polar surface area (TPSA) is 98.1 Å². The van der Waals surface area contributed by atoms with Gasteiger partial charge < -0.3 is 29.1 Å². The summed E-state index contributed by atoms with van der Waals surface area (Å²) in [5, 5.41) is 12.1. The first-order chi connectivity index (χ1) is 21.2. The average molecular weight is 598 g/mol. The van der Waals surface area contributed by atoms with E-state index in [0.29, 0.717) is 44.8 Å². The third kappa shape index (κ3) is 6.39. The van der Waals surface area contributed by atoms with Crippen molar-refractivity contribution in [1.29, 1.82) is 5.26 Å². The van der Waals surface area contributed by atoms with Gasteiger partial charge in [-0.1, -0.05) is 36.4 Å². The van der Waals surface area contributed by atoms with Crippen molar-refractivity contribution in [2.75, 3.05) is 56.2 Å². The van der Waals surface area contributed by atoms with Crippen molar-refractivity contribution in [1.82, 2.24) is 19.8 Å². The number of fused-ring (bicyclic) bond motifs is 2. The molecule has 10 heteroatoms. The summed E-state index contributed by atoms with van der Waals surface area (Å²) in [6.45, 7) is 10.2. The fourth-order valence-corrected chi connectivity index (χ4v) is 6.65. The monoisotopic (exact) mass is 597 g/mol. The fraction of sp³-hybridized carbons (Fsp3) is 0.529. The normalized spacial score (nSPS) is 20.8. The number of benzene rings is 2. The molecule has 4 heterocycles. The molecule has 3 aromatic rings. The standard InChI is InChI=1S/C34H43N7O3/c1-34(2,3)44-33(42)41-20-19-40(21-25(41)14-16-35)31-28-15-18-39(30-13-7-10-24-9-5-6-12-27(24)30)22-29(28)36-32(37-31)43-23-26-11-8-17-38(26)4/h5-7,9-10,12-13,25-26H,8,11,14-15,17-23H2,1-4H3/t25-,26-/m0/s1. The van der Waals surface area contributed by atoms with Gasteiger partial charge in [0.2, 0.25) is 0 Å². The van der Waals surface area contributed by atoms with E-state index in [1.807, 2.05) is 20.8 Å². The Morgan fingerprint density at radius 2 is 1.84 bits per heavy atom. The number of ether oxygens (including phenoxy) is 2. The molecule has 0 radical (unpaired) electrons. The summed E-state index contributed by atoms with van der Waals surface area (Å²) in [7, 11) is 2.14. The molecule has 0 bridgehead atoms. The van der Waals surface area contributed by atoms with E-state index >= 15 is 0 Å². The fourth-order valence-electron chi connectivity index (χ4n) is 6.65. The van der Waals surface area contributed by atoms with E-state index in [2.05, 4.69) is 70.3 Å². The van der Waals surface area contributed by atoms with Crippen molar-refractivity contribution in [3.05, 3.63) is 53.7 Å². The highest BCUT2D eigenvalue weighted by atomic mass is 16.6. The maximum atomic E-state index is 13.1. The second-order valence-electron chi connectivity index (χ2n) is 13.1. The van der Waals surface area contributed by atoms with Gasteiger partial charge in [0, 0.05) is 48.9 Å². The van der Waals surface area contributed by atoms with E-state index in [-0.39, 0.29) is 18.6 Å². The maximum absolute atomic E-state index is 13.1. The van der Waals surface area contributed by atoms with Crippen molar-refractivity contribution in [2.45, 2.75) is 70.7 Å². The zero-order valence-corrected chi connectivity index (χ0v) is 26.3. The van der Waals surface area contributed by atoms with Crippen molar-refractivity contribution >= 4 is 28.4 Å². The van der Waals surface area contributed by atoms with Crippen LogP contribution in [0.4, 0.5) is 16.3 Å². The van der Waals surface area contributed by atoms with Gasteiger partial charge in [-0.05, 0) is 65.1 Å². The van der Waals surface area contributed by atoms with Crippen LogP contribution in [0.3, 0.4) is 0 Å². The van der Waals surface area contributed by atoms with Gasteiger partial charge in [0.1, 0.15) is 18.0 Å². The lowest BCUT2D eigenvalue weighted by Crippen LogP contribution is -2.56. The summed E-state index contributed by atoms with van der Waals surface area (Å²) in [5.74, 6) is 0.856. The molecule has 0 aliphatic carbocycles. The van der Waals surface area contributed by atoms with E-state index in [0.717, 1.165) is 43.0 Å². The molecule has 3 aliphatic rings. The third-order valence-corrected chi connectivity index (χ3v) is 8.94. The number of anilines is 2. The molecule has 6 rings (SSSR count). The van der Waals surface area contributed by atoms with Crippen molar-refractivity contribution in [3.63, 3.8) is 0 Å². The number of aromatic nitrogens is 2. The van der Waals surface area contributed by atoms with Crippen LogP contribution in [0, 0.1) is 11.3 Å². The molecule has 1 amide bonds. The van der Waals surface area contributed by atoms with Crippen LogP contribution in [-0.4, -0.2) is 89.9 Å². The van der Waals surface area contributed by atoms with Crippen LogP contribution in [0.15, 0.2) is 42.5 Å². The van der Waals surface area contributed by atoms with Gasteiger partial charge in [-0.3, -0.25) is 0 Å². The molecular weight excluding hydrogens is 554 g/mol. The van der Waals surface area contributed by atoms with Crippen molar-refractivity contribution in [3.8, 4) is 12.1 Å². The zero-order valence-electron chi connectivity index (χ0n) is 26.3. The molecule has 232 valence electrons. The van der Waals surface area contributed by atoms with Gasteiger partial charge in [0.15, 0.2) is 0 Å². The quantitative estimate of drug-likeness (QED) is 0.389. The average Bonchev–Trinajstić information content (AvgIpc) is 3.42. The second kappa shape index (κ2) is 12.5. The zero-order chi connectivity index (χ0) is 30.8. The van der Waals surface area contributed by atoms with Crippen LogP contribution in [0.5, 0.6) is 6.01 Å². The lowest BCUT2D eigenvalue weighted by atomic mass is 10.0. The minimum Gasteiger partial charge on any atom is -0.462 e. The first-order valence-electron chi connectivity index (χ1n) is 15.8. The molecule has 2 aromatic carbocycles. The summed E-state index contributed by atoms with van der Waals surface area (Å²) in [6, 6.07) is 17.7. The number of amides is 1. The predicted octanol–water partition coefficient (Wildman–Crippen LogP) is 5.00. The minimum atomic E-state index is -0.604. The number of piperazine rings is 1. The van der Waals surface area contributed by atoms with Gasteiger partial charge >= 0.3 is 12.1 Å². The van der Waals surface area contributed by atoms with E-state index in [1.165, 1.54) is 22.9 Å². The highest BCUT2D eigenvalue weighted by molar-refractivity contribution is 5.94. The number of hydrogen-bond donors (Lipinski definition) is 0. The molecule has 44 heavy (non-hydrogen) atoms. The molecule has 0 N–H and O–H groups in total. The van der Waals surface area contributed by atoms with Gasteiger partial charge in [0.25, 0.3) is 0 Å². The summed E-state index contributed by atoms with van der Waals surface area (Å²) in [6.07, 6.45) is 2.90. The molecule has 1 aromatic heterocycles. The molecule has 2 saturated heterocycles. The number of likely N-dealkylation sites (tertiary alicyclic amines) is 1. The lowest BCUT2D eigenvalue weighted by molar-refractivity contribution is 0.0144. The number of carbonyl (C=O) groups is 1. The van der Waals surface area contributed by atoms with Crippen molar-refractivity contribution in [2.24, 2.45) is 0 Å². The first-order valence-corrected chi connectivity index (χ1v) is 15.8. The van der Waals surface area contributed by atoms with Crippen LogP contribution in [0.25, 0.3) is 10.8 Å². The van der Waals surface area contributed by atoms with E-state index in [9.17, 15) is 10.1 Å². The number of rotatable bonds is 6. The second-order valence-corrected chi connectivity index (χ2v) is 13.1. The predicted molar refractivity (Wildman–Crippen MR) is 171 cm³/mol. The Morgan fingerprint density at radius 1 is 1.02 bits per heavy atom. The molecule has 2 atom stereocenters. The number of hydrogen-bond acceptors (Lipinski definition) is 9. The van der Waals surface area contributed by atoms with Gasteiger partial charge in [-0.2, -0.15) is 15.2 Å². The minimum absolute atomic E-state index is 0.218. The van der Waals surface area contributed by atoms with Crippen LogP contribution in [0.2, 0.25) is 0 Å². The molecule has 0 saturated carbocycles. The molecule has 10 nitrogen and oxygen atoms in total. The van der Waals surface area contributed by atoms with Crippen LogP contribution >= 0.6 is 0 Å². The molecule has 0 spiro atoms. The highest BCUT2D eigenvalue weighted by Gasteiger charge is 2.36. The Labute approximate surface area is 260 Å².